The monoisotopic (exact) mass is 310 g/mol. The van der Waals surface area contributed by atoms with Crippen molar-refractivity contribution in [1.29, 1.82) is 0 Å². The van der Waals surface area contributed by atoms with Crippen molar-refractivity contribution in [1.82, 2.24) is 9.55 Å². The number of ether oxygens (including phenoxy) is 1. The first-order chi connectivity index (χ1) is 8.74. The molecule has 1 heterocycles. The molecule has 2 aromatic rings. The molecule has 3 nitrogen and oxygen atoms in total. The van der Waals surface area contributed by atoms with Crippen molar-refractivity contribution in [2.24, 2.45) is 0 Å². The van der Waals surface area contributed by atoms with Crippen molar-refractivity contribution in [3.63, 3.8) is 0 Å². The van der Waals surface area contributed by atoms with Crippen LogP contribution in [0.1, 0.15) is 24.6 Å². The molecule has 0 atom stereocenters. The standard InChI is InChI=1S/C13H12BrFN2O/c14-12-4-3-11(5-13(12)15)18-7-10-6-16-8-17(10)9-1-2-9/h3-6,8-9H,1-2,7H2. The summed E-state index contributed by atoms with van der Waals surface area (Å²) in [6.45, 7) is 0.414. The smallest absolute Gasteiger partial charge is 0.141 e. The average molecular weight is 311 g/mol. The highest BCUT2D eigenvalue weighted by molar-refractivity contribution is 9.10. The number of nitrogens with zero attached hydrogens (tertiary/aromatic N) is 2. The molecule has 0 aliphatic heterocycles. The quantitative estimate of drug-likeness (QED) is 0.861. The highest BCUT2D eigenvalue weighted by atomic mass is 79.9. The van der Waals surface area contributed by atoms with Gasteiger partial charge < -0.3 is 9.30 Å². The van der Waals surface area contributed by atoms with Crippen LogP contribution in [0.25, 0.3) is 0 Å². The Bertz CT molecular complexity index is 566. The zero-order chi connectivity index (χ0) is 12.5. The van der Waals surface area contributed by atoms with Crippen LogP contribution in [0.4, 0.5) is 4.39 Å². The molecular formula is C13H12BrFN2O. The summed E-state index contributed by atoms with van der Waals surface area (Å²) in [5.74, 6) is 0.211. The SMILES string of the molecule is Fc1cc(OCc2cncn2C2CC2)ccc1Br. The summed E-state index contributed by atoms with van der Waals surface area (Å²) < 4.78 is 21.5. The number of aromatic nitrogens is 2. The molecule has 0 unspecified atom stereocenters. The van der Waals surface area contributed by atoms with Crippen LogP contribution in [0, 0.1) is 5.82 Å². The summed E-state index contributed by atoms with van der Waals surface area (Å²) in [7, 11) is 0. The van der Waals surface area contributed by atoms with Gasteiger partial charge in [-0.2, -0.15) is 0 Å². The van der Waals surface area contributed by atoms with E-state index in [9.17, 15) is 4.39 Å². The Hall–Kier alpha value is -1.36. The first-order valence-corrected chi connectivity index (χ1v) is 6.62. The maximum absolute atomic E-state index is 13.3. The third kappa shape index (κ3) is 2.41. The molecule has 18 heavy (non-hydrogen) atoms. The third-order valence-electron chi connectivity index (χ3n) is 2.96. The van der Waals surface area contributed by atoms with Crippen molar-refractivity contribution in [3.8, 4) is 5.75 Å². The topological polar surface area (TPSA) is 27.1 Å². The molecule has 0 amide bonds. The molecule has 1 aliphatic rings. The van der Waals surface area contributed by atoms with Gasteiger partial charge in [0.15, 0.2) is 0 Å². The summed E-state index contributed by atoms with van der Waals surface area (Å²) in [5, 5.41) is 0. The fourth-order valence-corrected chi connectivity index (χ4v) is 2.10. The van der Waals surface area contributed by atoms with Crippen LogP contribution < -0.4 is 4.74 Å². The maximum Gasteiger partial charge on any atom is 0.141 e. The van der Waals surface area contributed by atoms with Crippen LogP contribution in [0.15, 0.2) is 35.2 Å². The van der Waals surface area contributed by atoms with E-state index in [0.717, 1.165) is 5.69 Å². The predicted molar refractivity (Wildman–Crippen MR) is 68.9 cm³/mol. The third-order valence-corrected chi connectivity index (χ3v) is 3.61. The van der Waals surface area contributed by atoms with Crippen molar-refractivity contribution in [3.05, 3.63) is 46.7 Å². The van der Waals surface area contributed by atoms with Crippen LogP contribution in [-0.2, 0) is 6.61 Å². The predicted octanol–water partition coefficient (Wildman–Crippen LogP) is 3.70. The Morgan fingerprint density at radius 3 is 3.00 bits per heavy atom. The number of hydrogen-bond acceptors (Lipinski definition) is 2. The van der Waals surface area contributed by atoms with Crippen molar-refractivity contribution in [2.45, 2.75) is 25.5 Å². The van der Waals surface area contributed by atoms with E-state index in [1.54, 1.807) is 18.3 Å². The van der Waals surface area contributed by atoms with E-state index in [1.165, 1.54) is 18.9 Å². The lowest BCUT2D eigenvalue weighted by atomic mass is 10.3. The van der Waals surface area contributed by atoms with E-state index in [1.807, 2.05) is 6.33 Å². The largest absolute Gasteiger partial charge is 0.487 e. The molecule has 0 N–H and O–H groups in total. The summed E-state index contributed by atoms with van der Waals surface area (Å²) in [6, 6.07) is 5.34. The van der Waals surface area contributed by atoms with Crippen molar-refractivity contribution < 1.29 is 9.13 Å². The zero-order valence-electron chi connectivity index (χ0n) is 9.64. The number of rotatable bonds is 4. The lowest BCUT2D eigenvalue weighted by molar-refractivity contribution is 0.293. The second kappa shape index (κ2) is 4.72. The fraction of sp³-hybridized carbons (Fsp3) is 0.308. The Balaban J connectivity index is 1.69. The van der Waals surface area contributed by atoms with E-state index in [-0.39, 0.29) is 5.82 Å². The van der Waals surface area contributed by atoms with Gasteiger partial charge in [-0.3, -0.25) is 0 Å². The van der Waals surface area contributed by atoms with E-state index >= 15 is 0 Å². The van der Waals surface area contributed by atoms with Crippen molar-refractivity contribution in [2.75, 3.05) is 0 Å². The van der Waals surface area contributed by atoms with Gasteiger partial charge in [0.05, 0.1) is 22.7 Å². The second-order valence-electron chi connectivity index (χ2n) is 4.39. The molecule has 1 aromatic carbocycles. The minimum absolute atomic E-state index is 0.316. The minimum atomic E-state index is -0.316. The first kappa shape index (κ1) is 11.7. The molecule has 0 radical (unpaired) electrons. The lowest BCUT2D eigenvalue weighted by Crippen LogP contribution is -2.03. The van der Waals surface area contributed by atoms with E-state index in [4.69, 9.17) is 4.74 Å². The molecule has 0 bridgehead atoms. The van der Waals surface area contributed by atoms with E-state index in [2.05, 4.69) is 25.5 Å². The zero-order valence-corrected chi connectivity index (χ0v) is 11.2. The van der Waals surface area contributed by atoms with E-state index in [0.29, 0.717) is 22.9 Å². The summed E-state index contributed by atoms with van der Waals surface area (Å²) in [5.41, 5.74) is 1.03. The summed E-state index contributed by atoms with van der Waals surface area (Å²) in [6.07, 6.45) is 6.04. The van der Waals surface area contributed by atoms with Crippen LogP contribution >= 0.6 is 15.9 Å². The van der Waals surface area contributed by atoms with Gasteiger partial charge >= 0.3 is 0 Å². The lowest BCUT2D eigenvalue weighted by Gasteiger charge is -2.09. The Morgan fingerprint density at radius 2 is 2.28 bits per heavy atom. The van der Waals surface area contributed by atoms with Gasteiger partial charge in [-0.15, -0.1) is 0 Å². The van der Waals surface area contributed by atoms with Gasteiger partial charge in [0, 0.05) is 12.1 Å². The highest BCUT2D eigenvalue weighted by Crippen LogP contribution is 2.35. The molecule has 3 rings (SSSR count). The summed E-state index contributed by atoms with van der Waals surface area (Å²) >= 11 is 3.11. The molecule has 1 saturated carbocycles. The van der Waals surface area contributed by atoms with Crippen molar-refractivity contribution >= 4 is 15.9 Å². The minimum Gasteiger partial charge on any atom is -0.487 e. The molecule has 1 aromatic heterocycles. The number of hydrogen-bond donors (Lipinski definition) is 0. The van der Waals surface area contributed by atoms with Crippen LogP contribution in [0.5, 0.6) is 5.75 Å². The normalized spacial score (nSPS) is 14.8. The van der Waals surface area contributed by atoms with Crippen LogP contribution in [-0.4, -0.2) is 9.55 Å². The van der Waals surface area contributed by atoms with Gasteiger partial charge in [-0.1, -0.05) is 0 Å². The molecule has 1 fully saturated rings. The fourth-order valence-electron chi connectivity index (χ4n) is 1.85. The van der Waals surface area contributed by atoms with Gasteiger partial charge in [0.25, 0.3) is 0 Å². The molecular weight excluding hydrogens is 299 g/mol. The van der Waals surface area contributed by atoms with Gasteiger partial charge in [0.1, 0.15) is 18.2 Å². The molecule has 94 valence electrons. The van der Waals surface area contributed by atoms with Gasteiger partial charge in [0.2, 0.25) is 0 Å². The molecule has 0 spiro atoms. The van der Waals surface area contributed by atoms with E-state index < -0.39 is 0 Å². The average Bonchev–Trinajstić information content (AvgIpc) is 3.10. The van der Waals surface area contributed by atoms with Gasteiger partial charge in [-0.05, 0) is 40.9 Å². The number of benzene rings is 1. The Labute approximate surface area is 113 Å². The first-order valence-electron chi connectivity index (χ1n) is 5.82. The Kier molecular flexibility index (Phi) is 3.07. The second-order valence-corrected chi connectivity index (χ2v) is 5.24. The van der Waals surface area contributed by atoms with Crippen LogP contribution in [0.2, 0.25) is 0 Å². The molecule has 5 heteroatoms. The van der Waals surface area contributed by atoms with Crippen LogP contribution in [0.3, 0.4) is 0 Å². The number of halogens is 2. The molecule has 1 aliphatic carbocycles. The number of imidazole rings is 1. The van der Waals surface area contributed by atoms with Gasteiger partial charge in [-0.25, -0.2) is 9.37 Å². The highest BCUT2D eigenvalue weighted by Gasteiger charge is 2.25. The Morgan fingerprint density at radius 1 is 1.44 bits per heavy atom. The summed E-state index contributed by atoms with van der Waals surface area (Å²) in [4.78, 5) is 4.13. The molecule has 0 saturated heterocycles. The maximum atomic E-state index is 13.3.